The van der Waals surface area contributed by atoms with E-state index in [1.165, 1.54) is 0 Å². The topological polar surface area (TPSA) is 79.4 Å². The fraction of sp³-hybridized carbons (Fsp3) is 0.636. The molecular weight excluding hydrogens is 222 g/mol. The molecule has 1 heterocycles. The molecule has 0 saturated heterocycles. The fourth-order valence-electron chi connectivity index (χ4n) is 1.58. The van der Waals surface area contributed by atoms with Gasteiger partial charge in [0.25, 0.3) is 0 Å². The van der Waals surface area contributed by atoms with Crippen LogP contribution < -0.4 is 5.73 Å². The summed E-state index contributed by atoms with van der Waals surface area (Å²) < 4.78 is 11.5. The lowest BCUT2D eigenvalue weighted by molar-refractivity contribution is 0.0526. The molecule has 1 aromatic heterocycles. The number of carbonyl (C=O) groups excluding carboxylic acids is 1. The van der Waals surface area contributed by atoms with Gasteiger partial charge >= 0.3 is 5.97 Å². The van der Waals surface area contributed by atoms with E-state index in [0.717, 1.165) is 6.42 Å². The molecule has 0 aliphatic heterocycles. The zero-order valence-electron chi connectivity index (χ0n) is 10.5. The van der Waals surface area contributed by atoms with Crippen LogP contribution in [0.25, 0.3) is 0 Å². The Balaban J connectivity index is 2.82. The number of aryl methyl sites for hydroxylation is 2. The van der Waals surface area contributed by atoms with Crippen molar-refractivity contribution in [2.24, 2.45) is 0 Å². The Morgan fingerprint density at radius 1 is 1.53 bits per heavy atom. The van der Waals surface area contributed by atoms with Crippen LogP contribution in [0, 0.1) is 6.92 Å². The van der Waals surface area contributed by atoms with E-state index in [1.54, 1.807) is 25.6 Å². The smallest absolute Gasteiger partial charge is 0.343 e. The third kappa shape index (κ3) is 3.20. The normalized spacial score (nSPS) is 10.5. The maximum absolute atomic E-state index is 11.6. The van der Waals surface area contributed by atoms with E-state index < -0.39 is 5.97 Å². The van der Waals surface area contributed by atoms with Crippen molar-refractivity contribution in [1.29, 1.82) is 0 Å². The highest BCUT2D eigenvalue weighted by Gasteiger charge is 2.20. The third-order valence-corrected chi connectivity index (χ3v) is 2.36. The largest absolute Gasteiger partial charge is 0.462 e. The van der Waals surface area contributed by atoms with Crippen LogP contribution in [0.2, 0.25) is 0 Å². The van der Waals surface area contributed by atoms with Crippen molar-refractivity contribution >= 4 is 11.8 Å². The van der Waals surface area contributed by atoms with Crippen LogP contribution in [0.4, 0.5) is 5.82 Å². The highest BCUT2D eigenvalue weighted by atomic mass is 16.5. The zero-order valence-corrected chi connectivity index (χ0v) is 10.5. The van der Waals surface area contributed by atoms with Gasteiger partial charge in [-0.15, -0.1) is 0 Å². The number of aromatic nitrogens is 2. The first-order valence-corrected chi connectivity index (χ1v) is 5.60. The van der Waals surface area contributed by atoms with Crippen molar-refractivity contribution in [3.05, 3.63) is 11.3 Å². The molecule has 0 unspecified atom stereocenters. The zero-order chi connectivity index (χ0) is 12.8. The molecule has 17 heavy (non-hydrogen) atoms. The molecule has 6 nitrogen and oxygen atoms in total. The summed E-state index contributed by atoms with van der Waals surface area (Å²) in [6.07, 6.45) is 0.796. The predicted octanol–water partition coefficient (Wildman–Crippen LogP) is 0.987. The Bertz CT molecular complexity index is 388. The molecule has 0 amide bonds. The van der Waals surface area contributed by atoms with Crippen LogP contribution in [-0.2, 0) is 16.0 Å². The second-order valence-electron chi connectivity index (χ2n) is 3.64. The van der Waals surface area contributed by atoms with Gasteiger partial charge in [-0.3, -0.25) is 0 Å². The Kier molecular flexibility index (Phi) is 4.96. The molecule has 0 aliphatic rings. The van der Waals surface area contributed by atoms with Gasteiger partial charge in [-0.25, -0.2) is 9.48 Å². The van der Waals surface area contributed by atoms with Crippen LogP contribution in [0.3, 0.4) is 0 Å². The summed E-state index contributed by atoms with van der Waals surface area (Å²) >= 11 is 0. The number of rotatable bonds is 6. The Morgan fingerprint density at radius 2 is 2.24 bits per heavy atom. The van der Waals surface area contributed by atoms with E-state index in [2.05, 4.69) is 5.10 Å². The summed E-state index contributed by atoms with van der Waals surface area (Å²) in [5.74, 6) is -0.0578. The van der Waals surface area contributed by atoms with E-state index in [4.69, 9.17) is 15.2 Å². The number of nitrogens with two attached hydrogens (primary N) is 1. The summed E-state index contributed by atoms with van der Waals surface area (Å²) in [5, 5.41) is 4.22. The monoisotopic (exact) mass is 241 g/mol. The Morgan fingerprint density at radius 3 is 2.82 bits per heavy atom. The van der Waals surface area contributed by atoms with Gasteiger partial charge < -0.3 is 15.2 Å². The highest BCUT2D eigenvalue weighted by molar-refractivity contribution is 5.95. The van der Waals surface area contributed by atoms with E-state index in [-0.39, 0.29) is 0 Å². The number of methoxy groups -OCH3 is 1. The Hall–Kier alpha value is -1.56. The number of nitrogens with zero attached hydrogens (tertiary/aromatic N) is 2. The molecule has 96 valence electrons. The number of anilines is 1. The fourth-order valence-corrected chi connectivity index (χ4v) is 1.58. The van der Waals surface area contributed by atoms with Gasteiger partial charge in [-0.1, -0.05) is 0 Å². The molecule has 0 aromatic carbocycles. The average Bonchev–Trinajstić information content (AvgIpc) is 2.55. The van der Waals surface area contributed by atoms with Gasteiger partial charge in [0.2, 0.25) is 0 Å². The van der Waals surface area contributed by atoms with E-state index in [1.807, 2.05) is 0 Å². The maximum atomic E-state index is 11.6. The minimum absolute atomic E-state index is 0.326. The van der Waals surface area contributed by atoms with Crippen LogP contribution >= 0.6 is 0 Å². The van der Waals surface area contributed by atoms with Crippen molar-refractivity contribution in [1.82, 2.24) is 9.78 Å². The third-order valence-electron chi connectivity index (χ3n) is 2.36. The molecule has 2 N–H and O–H groups in total. The molecule has 6 heteroatoms. The van der Waals surface area contributed by atoms with Crippen molar-refractivity contribution in [3.8, 4) is 0 Å². The van der Waals surface area contributed by atoms with Gasteiger partial charge in [0, 0.05) is 20.3 Å². The Labute approximate surface area is 101 Å². The lowest BCUT2D eigenvalue weighted by Gasteiger charge is -2.04. The number of hydrogen-bond donors (Lipinski definition) is 1. The summed E-state index contributed by atoms with van der Waals surface area (Å²) in [5.41, 5.74) is 6.84. The second kappa shape index (κ2) is 6.24. The SMILES string of the molecule is CCOC(=O)c1c(C)nn(CCCOC)c1N. The molecule has 1 aromatic rings. The second-order valence-corrected chi connectivity index (χ2v) is 3.64. The molecule has 0 bridgehead atoms. The first-order valence-electron chi connectivity index (χ1n) is 5.60. The first kappa shape index (κ1) is 13.5. The van der Waals surface area contributed by atoms with Crippen molar-refractivity contribution in [3.63, 3.8) is 0 Å². The minimum Gasteiger partial charge on any atom is -0.462 e. The lowest BCUT2D eigenvalue weighted by atomic mass is 10.2. The molecule has 1 rings (SSSR count). The quantitative estimate of drug-likeness (QED) is 0.593. The minimum atomic E-state index is -0.416. The van der Waals surface area contributed by atoms with Crippen molar-refractivity contribution < 1.29 is 14.3 Å². The van der Waals surface area contributed by atoms with Crippen LogP contribution in [0.15, 0.2) is 0 Å². The van der Waals surface area contributed by atoms with Crippen LogP contribution in [-0.4, -0.2) is 36.1 Å². The van der Waals surface area contributed by atoms with Crippen molar-refractivity contribution in [2.75, 3.05) is 26.1 Å². The molecule has 0 fully saturated rings. The number of esters is 1. The standard InChI is InChI=1S/C11H19N3O3/c1-4-17-11(15)9-8(2)13-14(10(9)12)6-5-7-16-3/h4-7,12H2,1-3H3. The maximum Gasteiger partial charge on any atom is 0.343 e. The number of carbonyl (C=O) groups is 1. The summed E-state index contributed by atoms with van der Waals surface area (Å²) in [6.45, 7) is 5.08. The van der Waals surface area contributed by atoms with E-state index in [9.17, 15) is 4.79 Å². The van der Waals surface area contributed by atoms with Crippen LogP contribution in [0.1, 0.15) is 29.4 Å². The van der Waals surface area contributed by atoms with Crippen LogP contribution in [0.5, 0.6) is 0 Å². The predicted molar refractivity (Wildman–Crippen MR) is 63.8 cm³/mol. The van der Waals surface area contributed by atoms with E-state index in [0.29, 0.717) is 36.8 Å². The average molecular weight is 241 g/mol. The van der Waals surface area contributed by atoms with Gasteiger partial charge in [-0.05, 0) is 20.3 Å². The number of hydrogen-bond acceptors (Lipinski definition) is 5. The molecule has 0 radical (unpaired) electrons. The van der Waals surface area contributed by atoms with E-state index >= 15 is 0 Å². The summed E-state index contributed by atoms with van der Waals surface area (Å²) in [6, 6.07) is 0. The molecule has 0 saturated carbocycles. The van der Waals surface area contributed by atoms with Gasteiger partial charge in [0.1, 0.15) is 11.4 Å². The first-order chi connectivity index (χ1) is 8.11. The summed E-state index contributed by atoms with van der Waals surface area (Å²) in [4.78, 5) is 11.6. The molecule has 0 atom stereocenters. The number of nitrogen functional groups attached to an aromatic ring is 1. The molecule has 0 spiro atoms. The van der Waals surface area contributed by atoms with Gasteiger partial charge in [0.05, 0.1) is 12.3 Å². The van der Waals surface area contributed by atoms with Gasteiger partial charge in [-0.2, -0.15) is 5.10 Å². The van der Waals surface area contributed by atoms with Crippen molar-refractivity contribution in [2.45, 2.75) is 26.8 Å². The van der Waals surface area contributed by atoms with Gasteiger partial charge in [0.15, 0.2) is 0 Å². The molecular formula is C11H19N3O3. The number of ether oxygens (including phenoxy) is 2. The lowest BCUT2D eigenvalue weighted by Crippen LogP contribution is -2.11. The summed E-state index contributed by atoms with van der Waals surface area (Å²) in [7, 11) is 1.64. The highest BCUT2D eigenvalue weighted by Crippen LogP contribution is 2.17. The molecule has 0 aliphatic carbocycles.